The molecule has 24 heavy (non-hydrogen) atoms. The molecule has 0 saturated heterocycles. The van der Waals surface area contributed by atoms with Gasteiger partial charge in [-0.3, -0.25) is 0 Å². The summed E-state index contributed by atoms with van der Waals surface area (Å²) in [6.07, 6.45) is -24.2. The SMILES string of the molecule is OC1C(O)C(O)C(O)(C2(O)[C@H](O)[C@H](O)C(O)[C@H](O)[C@H]2O)C(O)C1O. The van der Waals surface area contributed by atoms with Crippen LogP contribution < -0.4 is 0 Å². The van der Waals surface area contributed by atoms with Gasteiger partial charge in [-0.25, -0.2) is 0 Å². The van der Waals surface area contributed by atoms with Gasteiger partial charge >= 0.3 is 0 Å². The zero-order valence-corrected chi connectivity index (χ0v) is 12.1. The van der Waals surface area contributed by atoms with Crippen molar-refractivity contribution in [1.29, 1.82) is 0 Å². The predicted molar refractivity (Wildman–Crippen MR) is 70.0 cm³/mol. The minimum atomic E-state index is -3.51. The predicted octanol–water partition coefficient (Wildman–Crippen LogP) is -7.92. The molecule has 142 valence electrons. The van der Waals surface area contributed by atoms with Crippen LogP contribution in [0.4, 0.5) is 0 Å². The molecule has 2 saturated carbocycles. The first-order valence-corrected chi connectivity index (χ1v) is 7.10. The standard InChI is InChI=1S/C12H22O12/c13-1-3(15)7(19)11(23,8(20)4(1)16)12(24)9(21)5(17)2(14)6(18)10(12)22/h1-10,13-24H/t1?,2?,3-,4+,5?,6?,7-,8-,9?,10?,11?,12?/m1/s1. The van der Waals surface area contributed by atoms with Gasteiger partial charge in [-0.05, 0) is 0 Å². The normalized spacial score (nSPS) is 62.5. The van der Waals surface area contributed by atoms with Gasteiger partial charge in [-0.1, -0.05) is 0 Å². The molecule has 12 N–H and O–H groups in total. The smallest absolute Gasteiger partial charge is 0.155 e. The molecule has 12 heteroatoms. The Labute approximate surface area is 134 Å². The number of aliphatic hydroxyl groups is 12. The van der Waals surface area contributed by atoms with Gasteiger partial charge < -0.3 is 61.3 Å². The molecule has 0 radical (unpaired) electrons. The molecule has 2 aliphatic carbocycles. The summed E-state index contributed by atoms with van der Waals surface area (Å²) in [4.78, 5) is 0. The molecule has 10 atom stereocenters. The van der Waals surface area contributed by atoms with E-state index in [1.807, 2.05) is 0 Å². The Bertz CT molecular complexity index is 399. The highest BCUT2D eigenvalue weighted by Gasteiger charge is 2.74. The number of aliphatic hydroxyl groups excluding tert-OH is 10. The molecule has 0 aromatic rings. The maximum absolute atomic E-state index is 10.6. The summed E-state index contributed by atoms with van der Waals surface area (Å²) >= 11 is 0. The van der Waals surface area contributed by atoms with Gasteiger partial charge in [-0.2, -0.15) is 0 Å². The van der Waals surface area contributed by atoms with Crippen molar-refractivity contribution in [2.24, 2.45) is 0 Å². The summed E-state index contributed by atoms with van der Waals surface area (Å²) in [6, 6.07) is 0. The molecule has 2 rings (SSSR count). The molecule has 2 aliphatic rings. The fraction of sp³-hybridized carbons (Fsp3) is 1.00. The molecule has 0 aromatic carbocycles. The lowest BCUT2D eigenvalue weighted by Crippen LogP contribution is -2.87. The highest BCUT2D eigenvalue weighted by atomic mass is 16.5. The van der Waals surface area contributed by atoms with Crippen LogP contribution in [0.3, 0.4) is 0 Å². The minimum Gasteiger partial charge on any atom is -0.387 e. The van der Waals surface area contributed by atoms with Gasteiger partial charge in [0.25, 0.3) is 0 Å². The Morgan fingerprint density at radius 2 is 0.500 bits per heavy atom. The van der Waals surface area contributed by atoms with Crippen molar-refractivity contribution in [2.45, 2.75) is 72.2 Å². The highest BCUT2D eigenvalue weighted by molar-refractivity contribution is 5.25. The topological polar surface area (TPSA) is 243 Å². The maximum atomic E-state index is 10.6. The van der Waals surface area contributed by atoms with Gasteiger partial charge in [-0.15, -0.1) is 0 Å². The molecule has 0 aliphatic heterocycles. The Balaban J connectivity index is 2.60. The van der Waals surface area contributed by atoms with Gasteiger partial charge in [0.1, 0.15) is 61.0 Å². The summed E-state index contributed by atoms with van der Waals surface area (Å²) in [5.74, 6) is 0. The Kier molecular flexibility index (Phi) is 5.00. The van der Waals surface area contributed by atoms with E-state index < -0.39 is 72.2 Å². The zero-order chi connectivity index (χ0) is 18.8. The van der Waals surface area contributed by atoms with Crippen LogP contribution in [-0.4, -0.2) is 134 Å². The van der Waals surface area contributed by atoms with Gasteiger partial charge in [0, 0.05) is 0 Å². The first-order valence-electron chi connectivity index (χ1n) is 7.10. The lowest BCUT2D eigenvalue weighted by Gasteiger charge is -2.60. The molecule has 12 nitrogen and oxygen atoms in total. The highest BCUT2D eigenvalue weighted by Crippen LogP contribution is 2.45. The molecule has 0 amide bonds. The first-order chi connectivity index (χ1) is 10.8. The summed E-state index contributed by atoms with van der Waals surface area (Å²) in [5, 5.41) is 119. The summed E-state index contributed by atoms with van der Waals surface area (Å²) in [5.41, 5.74) is -7.02. The van der Waals surface area contributed by atoms with E-state index in [1.54, 1.807) is 0 Å². The number of rotatable bonds is 1. The van der Waals surface area contributed by atoms with Crippen LogP contribution in [0.5, 0.6) is 0 Å². The molecule has 0 heterocycles. The second kappa shape index (κ2) is 6.05. The van der Waals surface area contributed by atoms with Crippen molar-refractivity contribution in [3.05, 3.63) is 0 Å². The molecule has 2 fully saturated rings. The van der Waals surface area contributed by atoms with Crippen molar-refractivity contribution in [3.63, 3.8) is 0 Å². The first kappa shape index (κ1) is 19.8. The van der Waals surface area contributed by atoms with E-state index in [4.69, 9.17) is 0 Å². The van der Waals surface area contributed by atoms with E-state index in [0.29, 0.717) is 0 Å². The van der Waals surface area contributed by atoms with Crippen molar-refractivity contribution < 1.29 is 61.3 Å². The van der Waals surface area contributed by atoms with Crippen LogP contribution in [0.15, 0.2) is 0 Å². The van der Waals surface area contributed by atoms with Crippen molar-refractivity contribution in [2.75, 3.05) is 0 Å². The molecular formula is C12H22O12. The van der Waals surface area contributed by atoms with Crippen LogP contribution in [0.1, 0.15) is 0 Å². The molecular weight excluding hydrogens is 336 g/mol. The Hall–Kier alpha value is -0.480. The lowest BCUT2D eigenvalue weighted by molar-refractivity contribution is -0.378. The molecule has 0 aromatic heterocycles. The van der Waals surface area contributed by atoms with E-state index in [9.17, 15) is 61.3 Å². The van der Waals surface area contributed by atoms with Crippen LogP contribution in [0, 0.1) is 0 Å². The Morgan fingerprint density at radius 1 is 0.333 bits per heavy atom. The quantitative estimate of drug-likeness (QED) is 0.209. The fourth-order valence-corrected chi connectivity index (χ4v) is 3.49. The van der Waals surface area contributed by atoms with Crippen molar-refractivity contribution in [3.8, 4) is 0 Å². The van der Waals surface area contributed by atoms with Crippen LogP contribution in [0.2, 0.25) is 0 Å². The second-order valence-corrected chi connectivity index (χ2v) is 6.37. The molecule has 0 bridgehead atoms. The van der Waals surface area contributed by atoms with Gasteiger partial charge in [0.2, 0.25) is 0 Å². The number of hydrogen-bond acceptors (Lipinski definition) is 12. The largest absolute Gasteiger partial charge is 0.387 e. The van der Waals surface area contributed by atoms with E-state index in [0.717, 1.165) is 0 Å². The monoisotopic (exact) mass is 358 g/mol. The third-order valence-corrected chi connectivity index (χ3v) is 5.14. The third-order valence-electron chi connectivity index (χ3n) is 5.14. The summed E-state index contributed by atoms with van der Waals surface area (Å²) < 4.78 is 0. The summed E-state index contributed by atoms with van der Waals surface area (Å²) in [7, 11) is 0. The molecule has 6 unspecified atom stereocenters. The summed E-state index contributed by atoms with van der Waals surface area (Å²) in [6.45, 7) is 0. The number of hydrogen-bond donors (Lipinski definition) is 12. The van der Waals surface area contributed by atoms with Crippen LogP contribution in [0.25, 0.3) is 0 Å². The van der Waals surface area contributed by atoms with Crippen molar-refractivity contribution in [1.82, 2.24) is 0 Å². The minimum absolute atomic E-state index is 2.16. The van der Waals surface area contributed by atoms with Gasteiger partial charge in [0.05, 0.1) is 0 Å². The molecule has 0 spiro atoms. The maximum Gasteiger partial charge on any atom is 0.155 e. The second-order valence-electron chi connectivity index (χ2n) is 6.37. The van der Waals surface area contributed by atoms with Gasteiger partial charge in [0.15, 0.2) is 11.2 Å². The lowest BCUT2D eigenvalue weighted by atomic mass is 9.58. The third kappa shape index (κ3) is 2.18. The zero-order valence-electron chi connectivity index (χ0n) is 12.1. The van der Waals surface area contributed by atoms with E-state index in [-0.39, 0.29) is 0 Å². The Morgan fingerprint density at radius 3 is 0.667 bits per heavy atom. The average Bonchev–Trinajstić information content (AvgIpc) is 2.57. The van der Waals surface area contributed by atoms with E-state index in [2.05, 4.69) is 0 Å². The van der Waals surface area contributed by atoms with Crippen LogP contribution in [-0.2, 0) is 0 Å². The van der Waals surface area contributed by atoms with Crippen LogP contribution >= 0.6 is 0 Å². The van der Waals surface area contributed by atoms with E-state index in [1.165, 1.54) is 0 Å². The fourth-order valence-electron chi connectivity index (χ4n) is 3.49. The van der Waals surface area contributed by atoms with E-state index >= 15 is 0 Å². The van der Waals surface area contributed by atoms with Crippen molar-refractivity contribution >= 4 is 0 Å². The average molecular weight is 358 g/mol.